The average molecular weight is 392 g/mol. The van der Waals surface area contributed by atoms with Gasteiger partial charge in [0.15, 0.2) is 5.82 Å². The summed E-state index contributed by atoms with van der Waals surface area (Å²) < 4.78 is 14.9. The minimum atomic E-state index is -0.348. The molecule has 2 aromatic heterocycles. The van der Waals surface area contributed by atoms with Gasteiger partial charge >= 0.3 is 0 Å². The largest absolute Gasteiger partial charge is 0.306 e. The lowest BCUT2D eigenvalue weighted by Crippen LogP contribution is -2.31. The van der Waals surface area contributed by atoms with Gasteiger partial charge in [0, 0.05) is 12.2 Å². The number of hydrogen-bond acceptors (Lipinski definition) is 4. The molecular formula is C21H17FN4OS. The SMILES string of the molecule is CCN(C(=O)c1nc(-c2cccs2)n(-c2ccccc2)n1)c1ccc(F)cc1. The van der Waals surface area contributed by atoms with Crippen molar-refractivity contribution in [2.24, 2.45) is 0 Å². The van der Waals surface area contributed by atoms with Crippen LogP contribution < -0.4 is 4.90 Å². The molecule has 28 heavy (non-hydrogen) atoms. The maximum absolute atomic E-state index is 13.2. The number of hydrogen-bond donors (Lipinski definition) is 0. The van der Waals surface area contributed by atoms with Gasteiger partial charge < -0.3 is 4.90 Å². The van der Waals surface area contributed by atoms with Gasteiger partial charge in [0.2, 0.25) is 5.82 Å². The molecule has 0 aliphatic carbocycles. The van der Waals surface area contributed by atoms with Gasteiger partial charge in [-0.3, -0.25) is 4.79 Å². The lowest BCUT2D eigenvalue weighted by Gasteiger charge is -2.19. The molecule has 0 atom stereocenters. The van der Waals surface area contributed by atoms with Gasteiger partial charge in [0.05, 0.1) is 10.6 Å². The standard InChI is InChI=1S/C21H17FN4OS/c1-2-25(16-12-10-15(22)11-13-16)21(27)19-23-20(18-9-6-14-28-18)26(24-19)17-7-4-3-5-8-17/h3-14H,2H2,1H3. The number of rotatable bonds is 5. The molecule has 2 aromatic carbocycles. The Morgan fingerprint density at radius 3 is 2.46 bits per heavy atom. The van der Waals surface area contributed by atoms with Gasteiger partial charge in [0.25, 0.3) is 5.91 Å². The molecule has 0 aliphatic rings. The van der Waals surface area contributed by atoms with Crippen LogP contribution in [0.2, 0.25) is 0 Å². The number of para-hydroxylation sites is 1. The summed E-state index contributed by atoms with van der Waals surface area (Å²) in [4.78, 5) is 20.1. The second kappa shape index (κ2) is 7.74. The van der Waals surface area contributed by atoms with Crippen molar-refractivity contribution < 1.29 is 9.18 Å². The summed E-state index contributed by atoms with van der Waals surface area (Å²) >= 11 is 1.53. The van der Waals surface area contributed by atoms with E-state index in [2.05, 4.69) is 10.1 Å². The molecule has 0 N–H and O–H groups in total. The highest BCUT2D eigenvalue weighted by Gasteiger charge is 2.24. The van der Waals surface area contributed by atoms with Crippen LogP contribution in [0.1, 0.15) is 17.5 Å². The van der Waals surface area contributed by atoms with E-state index in [1.54, 1.807) is 16.8 Å². The highest BCUT2D eigenvalue weighted by molar-refractivity contribution is 7.13. The summed E-state index contributed by atoms with van der Waals surface area (Å²) in [5.74, 6) is 0.0263. The molecule has 0 aliphatic heterocycles. The highest BCUT2D eigenvalue weighted by Crippen LogP contribution is 2.26. The maximum Gasteiger partial charge on any atom is 0.297 e. The molecule has 0 fully saturated rings. The summed E-state index contributed by atoms with van der Waals surface area (Å²) in [5.41, 5.74) is 1.42. The minimum absolute atomic E-state index is 0.0958. The van der Waals surface area contributed by atoms with Crippen molar-refractivity contribution in [1.29, 1.82) is 0 Å². The average Bonchev–Trinajstić information content (AvgIpc) is 3.40. The van der Waals surface area contributed by atoms with E-state index in [0.717, 1.165) is 10.6 Å². The van der Waals surface area contributed by atoms with Gasteiger partial charge in [0.1, 0.15) is 5.82 Å². The van der Waals surface area contributed by atoms with E-state index in [9.17, 15) is 9.18 Å². The van der Waals surface area contributed by atoms with Crippen LogP contribution in [0.4, 0.5) is 10.1 Å². The van der Waals surface area contributed by atoms with E-state index in [4.69, 9.17) is 0 Å². The number of benzene rings is 2. The first kappa shape index (κ1) is 18.1. The van der Waals surface area contributed by atoms with Crippen molar-refractivity contribution in [2.45, 2.75) is 6.92 Å². The van der Waals surface area contributed by atoms with E-state index >= 15 is 0 Å². The van der Waals surface area contributed by atoms with Gasteiger partial charge in [-0.05, 0) is 54.8 Å². The van der Waals surface area contributed by atoms with Crippen LogP contribution in [0.15, 0.2) is 72.1 Å². The fraction of sp³-hybridized carbons (Fsp3) is 0.0952. The Kier molecular flexibility index (Phi) is 4.99. The minimum Gasteiger partial charge on any atom is -0.306 e. The molecule has 2 heterocycles. The monoisotopic (exact) mass is 392 g/mol. The third kappa shape index (κ3) is 3.44. The van der Waals surface area contributed by atoms with E-state index in [1.165, 1.54) is 28.4 Å². The zero-order chi connectivity index (χ0) is 19.5. The van der Waals surface area contributed by atoms with Crippen LogP contribution >= 0.6 is 11.3 Å². The van der Waals surface area contributed by atoms with E-state index in [1.807, 2.05) is 54.8 Å². The maximum atomic E-state index is 13.2. The van der Waals surface area contributed by atoms with Gasteiger partial charge in [-0.1, -0.05) is 24.3 Å². The van der Waals surface area contributed by atoms with E-state index in [-0.39, 0.29) is 17.5 Å². The van der Waals surface area contributed by atoms with Crippen molar-refractivity contribution in [1.82, 2.24) is 14.8 Å². The number of nitrogens with zero attached hydrogens (tertiary/aromatic N) is 4. The molecule has 0 spiro atoms. The molecule has 140 valence electrons. The number of thiophene rings is 1. The fourth-order valence-electron chi connectivity index (χ4n) is 2.90. The Hall–Kier alpha value is -3.32. The lowest BCUT2D eigenvalue weighted by atomic mass is 10.2. The molecule has 0 saturated heterocycles. The molecule has 0 saturated carbocycles. The van der Waals surface area contributed by atoms with Crippen molar-refractivity contribution in [3.05, 3.63) is 83.8 Å². The predicted molar refractivity (Wildman–Crippen MR) is 108 cm³/mol. The van der Waals surface area contributed by atoms with Crippen LogP contribution in [0.25, 0.3) is 16.4 Å². The zero-order valence-corrected chi connectivity index (χ0v) is 15.9. The second-order valence-electron chi connectivity index (χ2n) is 6.01. The summed E-state index contributed by atoms with van der Waals surface area (Å²) in [7, 11) is 0. The molecule has 4 aromatic rings. The number of halogens is 1. The number of carbonyl (C=O) groups is 1. The normalized spacial score (nSPS) is 10.8. The molecule has 0 bridgehead atoms. The van der Waals surface area contributed by atoms with Crippen LogP contribution in [0, 0.1) is 5.82 Å². The second-order valence-corrected chi connectivity index (χ2v) is 6.96. The third-order valence-corrected chi connectivity index (χ3v) is 5.11. The third-order valence-electron chi connectivity index (χ3n) is 4.24. The zero-order valence-electron chi connectivity index (χ0n) is 15.1. The predicted octanol–water partition coefficient (Wildman–Crippen LogP) is 4.80. The Morgan fingerprint density at radius 1 is 1.07 bits per heavy atom. The van der Waals surface area contributed by atoms with E-state index < -0.39 is 0 Å². The smallest absolute Gasteiger partial charge is 0.297 e. The Morgan fingerprint density at radius 2 is 1.82 bits per heavy atom. The first-order valence-corrected chi connectivity index (χ1v) is 9.69. The van der Waals surface area contributed by atoms with Gasteiger partial charge in [-0.25, -0.2) is 14.1 Å². The molecule has 4 rings (SSSR count). The Balaban J connectivity index is 1.77. The Bertz CT molecular complexity index is 1080. The molecule has 0 radical (unpaired) electrons. The number of amides is 1. The summed E-state index contributed by atoms with van der Waals surface area (Å²) in [6, 6.07) is 19.3. The Labute approximate surface area is 165 Å². The van der Waals surface area contributed by atoms with Crippen molar-refractivity contribution in [3.8, 4) is 16.4 Å². The molecular weight excluding hydrogens is 375 g/mol. The topological polar surface area (TPSA) is 51.0 Å². The molecule has 1 amide bonds. The summed E-state index contributed by atoms with van der Waals surface area (Å²) in [5, 5.41) is 6.45. The number of anilines is 1. The van der Waals surface area contributed by atoms with Crippen LogP contribution in [0.5, 0.6) is 0 Å². The molecule has 0 unspecified atom stereocenters. The first-order valence-electron chi connectivity index (χ1n) is 8.81. The lowest BCUT2D eigenvalue weighted by molar-refractivity contribution is 0.0978. The fourth-order valence-corrected chi connectivity index (χ4v) is 3.60. The van der Waals surface area contributed by atoms with Crippen LogP contribution in [-0.2, 0) is 0 Å². The quantitative estimate of drug-likeness (QED) is 0.490. The summed E-state index contributed by atoms with van der Waals surface area (Å²) in [6.45, 7) is 2.27. The number of aromatic nitrogens is 3. The van der Waals surface area contributed by atoms with Gasteiger partial charge in [-0.15, -0.1) is 16.4 Å². The molecule has 5 nitrogen and oxygen atoms in total. The van der Waals surface area contributed by atoms with Crippen molar-refractivity contribution >= 4 is 22.9 Å². The van der Waals surface area contributed by atoms with Crippen molar-refractivity contribution in [3.63, 3.8) is 0 Å². The first-order chi connectivity index (χ1) is 13.7. The van der Waals surface area contributed by atoms with Gasteiger partial charge in [-0.2, -0.15) is 0 Å². The van der Waals surface area contributed by atoms with Crippen molar-refractivity contribution in [2.75, 3.05) is 11.4 Å². The molecule has 7 heteroatoms. The highest BCUT2D eigenvalue weighted by atomic mass is 32.1. The van der Waals surface area contributed by atoms with E-state index in [0.29, 0.717) is 18.1 Å². The number of carbonyl (C=O) groups excluding carboxylic acids is 1. The van der Waals surface area contributed by atoms with Crippen LogP contribution in [0.3, 0.4) is 0 Å². The summed E-state index contributed by atoms with van der Waals surface area (Å²) in [6.07, 6.45) is 0. The van der Waals surface area contributed by atoms with Crippen LogP contribution in [-0.4, -0.2) is 27.2 Å².